The molecule has 0 atom stereocenters. The van der Waals surface area contributed by atoms with Crippen molar-refractivity contribution >= 4 is 17.7 Å². The Morgan fingerprint density at radius 3 is 2.35 bits per heavy atom. The Morgan fingerprint density at radius 2 is 1.69 bits per heavy atom. The first kappa shape index (κ1) is 19.3. The number of amides is 1. The summed E-state index contributed by atoms with van der Waals surface area (Å²) >= 11 is 0.537. The Balaban J connectivity index is 1.70. The predicted molar refractivity (Wildman–Crippen MR) is 181 cm³/mol. The van der Waals surface area contributed by atoms with Crippen molar-refractivity contribution in [2.24, 2.45) is 0 Å². The van der Waals surface area contributed by atoms with Gasteiger partial charge in [-0.15, -0.1) is 0 Å². The largest absolute Gasteiger partial charge is 0.416 e. The molecule has 254 valence electrons. The first-order chi connectivity index (χ1) is 29.7. The molecule has 11 heteroatoms. The van der Waals surface area contributed by atoms with E-state index in [1.165, 1.54) is 6.92 Å². The monoisotopic (exact) mass is 697 g/mol. The number of fused-ring (bicyclic) bond motifs is 1. The van der Waals surface area contributed by atoms with Gasteiger partial charge in [0, 0.05) is 42.1 Å². The lowest BCUT2D eigenvalue weighted by Crippen LogP contribution is -2.40. The molecule has 0 N–H and O–H groups in total. The van der Waals surface area contributed by atoms with Crippen molar-refractivity contribution in [2.45, 2.75) is 70.2 Å². The number of nitrogens with zero attached hydrogens (tertiary/aromatic N) is 4. The third-order valence-electron chi connectivity index (χ3n) is 7.34. The summed E-state index contributed by atoms with van der Waals surface area (Å²) in [6.07, 6.45) is -4.85. The van der Waals surface area contributed by atoms with E-state index in [-0.39, 0.29) is 40.8 Å². The fourth-order valence-corrected chi connectivity index (χ4v) is 5.67. The smallest absolute Gasteiger partial charge is 0.336 e. The maximum absolute atomic E-state index is 14.9. The minimum absolute atomic E-state index is 0.0148. The molecule has 5 rings (SSSR count). The van der Waals surface area contributed by atoms with Crippen LogP contribution in [0.2, 0.25) is 0 Å². The van der Waals surface area contributed by atoms with Crippen molar-refractivity contribution in [3.05, 3.63) is 116 Å². The van der Waals surface area contributed by atoms with E-state index in [4.69, 9.17) is 20.6 Å². The van der Waals surface area contributed by atoms with Crippen LogP contribution in [0.3, 0.4) is 0 Å². The highest BCUT2D eigenvalue weighted by atomic mass is 32.2. The number of carbonyl (C=O) groups is 1. The van der Waals surface area contributed by atoms with Crippen LogP contribution in [0.25, 0.3) is 11.1 Å². The van der Waals surface area contributed by atoms with Crippen LogP contribution in [0.15, 0.2) is 76.4 Å². The van der Waals surface area contributed by atoms with Crippen LogP contribution < -0.4 is 5.56 Å². The van der Waals surface area contributed by atoms with Crippen LogP contribution in [0.4, 0.5) is 17.6 Å². The van der Waals surface area contributed by atoms with E-state index in [1.807, 2.05) is 0 Å². The fourth-order valence-electron chi connectivity index (χ4n) is 4.82. The molecule has 0 aliphatic heterocycles. The van der Waals surface area contributed by atoms with Gasteiger partial charge < -0.3 is 14.4 Å². The summed E-state index contributed by atoms with van der Waals surface area (Å²) in [6, 6.07) is -11.6. The number of aromatic nitrogens is 2. The first-order valence-corrected chi connectivity index (χ1v) is 15.5. The molecule has 1 heterocycles. The molecule has 1 aromatic heterocycles. The quantitative estimate of drug-likeness (QED) is 0.0822. The molecule has 0 unspecified atom stereocenters. The summed E-state index contributed by atoms with van der Waals surface area (Å²) in [6.45, 7) is -7.08. The third-order valence-corrected chi connectivity index (χ3v) is 8.30. The van der Waals surface area contributed by atoms with Gasteiger partial charge in [-0.3, -0.25) is 9.59 Å². The average molecular weight is 698 g/mol. The number of thioether (sulfide) groups is 1. The highest BCUT2D eigenvalue weighted by molar-refractivity contribution is 7.98. The van der Waals surface area contributed by atoms with Gasteiger partial charge in [0.15, 0.2) is 5.16 Å². The maximum Gasteiger partial charge on any atom is 0.416 e. The molecule has 6 nitrogen and oxygen atoms in total. The molecule has 1 aliphatic carbocycles. The maximum atomic E-state index is 14.9. The summed E-state index contributed by atoms with van der Waals surface area (Å²) in [5.74, 6) is -3.42. The van der Waals surface area contributed by atoms with Gasteiger partial charge in [0.25, 0.3) is 5.56 Å². The summed E-state index contributed by atoms with van der Waals surface area (Å²) in [4.78, 5) is 33.6. The van der Waals surface area contributed by atoms with Crippen LogP contribution in [0.1, 0.15) is 77.1 Å². The van der Waals surface area contributed by atoms with E-state index in [9.17, 15) is 29.9 Å². The number of carbonyl (C=O) groups excluding carboxylic acids is 1. The van der Waals surface area contributed by atoms with Crippen LogP contribution >= 0.6 is 11.8 Å². The Kier molecular flexibility index (Phi) is 6.23. The zero-order valence-corrected chi connectivity index (χ0v) is 26.8. The topological polar surface area (TPSA) is 58.4 Å². The highest BCUT2D eigenvalue weighted by Gasteiger charge is 2.30. The zero-order valence-electron chi connectivity index (χ0n) is 43.0. The van der Waals surface area contributed by atoms with E-state index in [0.717, 1.165) is 23.3 Å². The van der Waals surface area contributed by atoms with E-state index < -0.39 is 157 Å². The van der Waals surface area contributed by atoms with E-state index in [0.29, 0.717) is 23.1 Å². The lowest BCUT2D eigenvalue weighted by molar-refractivity contribution is -0.137. The summed E-state index contributed by atoms with van der Waals surface area (Å²) < 4.78 is 200. The number of rotatable bonds is 13. The molecular formula is C37H40F4N4O2S. The second kappa shape index (κ2) is 15.5. The molecule has 0 spiro atoms. The Hall–Kier alpha value is -3.96. The van der Waals surface area contributed by atoms with Crippen molar-refractivity contribution in [3.63, 3.8) is 0 Å². The normalized spacial score (nSPS) is 18.8. The lowest BCUT2D eigenvalue weighted by atomic mass is 9.98. The molecule has 0 radical (unpaired) electrons. The molecule has 3 aromatic carbocycles. The molecule has 0 bridgehead atoms. The van der Waals surface area contributed by atoms with Crippen LogP contribution in [0, 0.1) is 12.7 Å². The summed E-state index contributed by atoms with van der Waals surface area (Å²) in [7, 11) is 0. The summed E-state index contributed by atoms with van der Waals surface area (Å²) in [5.41, 5.74) is -5.23. The van der Waals surface area contributed by atoms with E-state index in [1.54, 1.807) is 0 Å². The molecule has 48 heavy (non-hydrogen) atoms. The van der Waals surface area contributed by atoms with Gasteiger partial charge >= 0.3 is 6.18 Å². The van der Waals surface area contributed by atoms with E-state index >= 15 is 0 Å². The Morgan fingerprint density at radius 1 is 1.00 bits per heavy atom. The minimum Gasteiger partial charge on any atom is -0.336 e. The van der Waals surface area contributed by atoms with Crippen molar-refractivity contribution in [3.8, 4) is 11.1 Å². The predicted octanol–water partition coefficient (Wildman–Crippen LogP) is 7.53. The minimum atomic E-state index is -5.32. The lowest BCUT2D eigenvalue weighted by Gasteiger charge is -2.28. The molecule has 0 fully saturated rings. The van der Waals surface area contributed by atoms with Gasteiger partial charge in [-0.25, -0.2) is 4.39 Å². The van der Waals surface area contributed by atoms with Crippen LogP contribution in [-0.4, -0.2) is 51.3 Å². The van der Waals surface area contributed by atoms with Crippen molar-refractivity contribution in [2.75, 3.05) is 26.1 Å². The van der Waals surface area contributed by atoms with Crippen molar-refractivity contribution in [1.29, 1.82) is 0 Å². The third kappa shape index (κ3) is 8.54. The molecule has 1 amide bonds. The second-order valence-corrected chi connectivity index (χ2v) is 11.4. The molecule has 4 aromatic rings. The number of alkyl halides is 3. The van der Waals surface area contributed by atoms with Gasteiger partial charge in [-0.1, -0.05) is 67.9 Å². The van der Waals surface area contributed by atoms with Crippen LogP contribution in [0.5, 0.6) is 0 Å². The van der Waals surface area contributed by atoms with Crippen molar-refractivity contribution < 1.29 is 45.7 Å². The molecule has 0 saturated heterocycles. The van der Waals surface area contributed by atoms with Gasteiger partial charge in [0.1, 0.15) is 12.3 Å². The Labute approximate surface area is 306 Å². The average Bonchev–Trinajstić information content (AvgIpc) is 3.68. The first-order valence-electron chi connectivity index (χ1n) is 23.1. The van der Waals surface area contributed by atoms with Crippen molar-refractivity contribution in [1.82, 2.24) is 19.4 Å². The SMILES string of the molecule is [2H]c1c([2H])c(CSc2nc(=O)c3c(n2C([2H])([2H])C(=O)N(CCN(C([2H])([2H])C)C([2H])([2H])C)Cc2c([2H])c([2H])c(-c4c([2H])c([2H])c(C(F)(F)F)c([2H])c4[2H])c([2H])c2C)CCC3)c([2H])c([2H])c1F. The number of hydrogen-bond acceptors (Lipinski definition) is 5. The molecule has 0 saturated carbocycles. The van der Waals surface area contributed by atoms with Gasteiger partial charge in [0.2, 0.25) is 5.91 Å². The second-order valence-electron chi connectivity index (χ2n) is 10.4. The highest BCUT2D eigenvalue weighted by Crippen LogP contribution is 2.32. The number of halogens is 4. The van der Waals surface area contributed by atoms with E-state index in [2.05, 4.69) is 4.98 Å². The Bertz CT molecular complexity index is 2570. The number of likely N-dealkylation sites (N-methyl/N-ethyl adjacent to an activating group) is 1. The van der Waals surface area contributed by atoms with Gasteiger partial charge in [-0.05, 0) is 91.2 Å². The standard InChI is InChI=1S/C37H40F4N4O2S/c1-4-43(5-2)19-20-44(22-29-12-11-28(21-25(29)3)27-13-15-30(16-14-27)37(39,40)41)34(46)23-45-33-8-6-7-32(33)35(47)42-36(45)48-24-26-9-17-31(38)18-10-26/h9-18,21H,4-8,19-20,22-24H2,1-3H3/i4D2,5D2,9D,10D,11D,12D,13D,14D,15D,16D,17D,18D,21D,23D2. The number of benzene rings is 3. The zero-order chi connectivity index (χ0) is 49.4. The molecular weight excluding hydrogens is 640 g/mol. The number of hydrogen-bond donors (Lipinski definition) is 0. The van der Waals surface area contributed by atoms with Crippen LogP contribution in [-0.2, 0) is 42.6 Å². The van der Waals surface area contributed by atoms with Gasteiger partial charge in [-0.2, -0.15) is 18.2 Å². The fraction of sp³-hybridized carbons (Fsp3) is 0.378. The van der Waals surface area contributed by atoms with Gasteiger partial charge in [0.05, 0.1) is 23.4 Å². The molecule has 1 aliphatic rings. The summed E-state index contributed by atoms with van der Waals surface area (Å²) in [5, 5.41) is -0.480.